The number of ether oxygens (including phenoxy) is 4. The molecule has 0 unspecified atom stereocenters. The number of rotatable bonds is 14. The molecular weight excluding hydrogens is 598 g/mol. The number of carbonyl (C=O) groups excluding carboxylic acids is 4. The summed E-state index contributed by atoms with van der Waals surface area (Å²) in [5.41, 5.74) is -2.62. The number of carbonyl (C=O) groups is 4. The molecule has 13 heteroatoms. The Labute approximate surface area is 273 Å². The van der Waals surface area contributed by atoms with Crippen LogP contribution in [0.3, 0.4) is 0 Å². The minimum Gasteiger partial charge on any atom is -0.459 e. The SMILES string of the molecule is CC(C)(C)OC(=O)CN(CC(=O)OC(C)(C)C)C[C@H](Cc1ccc([N+](=O)[O-])cc1)N(CC(=O)OC(C)(C)C)CC(=O)OC(C)(C)C. The van der Waals surface area contributed by atoms with E-state index in [-0.39, 0.29) is 44.8 Å². The van der Waals surface area contributed by atoms with Crippen LogP contribution in [-0.2, 0) is 44.5 Å². The summed E-state index contributed by atoms with van der Waals surface area (Å²) in [5, 5.41) is 11.3. The molecule has 0 aliphatic carbocycles. The number of esters is 4. The van der Waals surface area contributed by atoms with Crippen molar-refractivity contribution in [1.29, 1.82) is 0 Å². The van der Waals surface area contributed by atoms with Gasteiger partial charge < -0.3 is 18.9 Å². The Kier molecular flexibility index (Phi) is 14.3. The van der Waals surface area contributed by atoms with Gasteiger partial charge in [-0.1, -0.05) is 12.1 Å². The molecule has 1 rings (SSSR count). The molecule has 0 spiro atoms. The third-order valence-corrected chi connectivity index (χ3v) is 5.65. The lowest BCUT2D eigenvalue weighted by Gasteiger charge is -2.36. The van der Waals surface area contributed by atoms with Gasteiger partial charge in [0, 0.05) is 24.7 Å². The van der Waals surface area contributed by atoms with Gasteiger partial charge in [0.15, 0.2) is 0 Å². The van der Waals surface area contributed by atoms with E-state index < -0.39 is 57.2 Å². The van der Waals surface area contributed by atoms with Gasteiger partial charge in [-0.25, -0.2) is 0 Å². The van der Waals surface area contributed by atoms with Crippen LogP contribution in [0.4, 0.5) is 5.69 Å². The Bertz CT molecular complexity index is 1140. The van der Waals surface area contributed by atoms with Crippen LogP contribution in [0.25, 0.3) is 0 Å². The minimum atomic E-state index is -0.804. The molecule has 1 aromatic rings. The van der Waals surface area contributed by atoms with Crippen molar-refractivity contribution in [3.05, 3.63) is 39.9 Å². The molecular formula is C33H53N3O10. The summed E-state index contributed by atoms with van der Waals surface area (Å²) in [6, 6.07) is 5.19. The predicted molar refractivity (Wildman–Crippen MR) is 172 cm³/mol. The summed E-state index contributed by atoms with van der Waals surface area (Å²) in [5.74, 6) is -2.38. The fourth-order valence-electron chi connectivity index (χ4n) is 4.32. The third kappa shape index (κ3) is 18.4. The topological polar surface area (TPSA) is 155 Å². The molecule has 0 amide bonds. The van der Waals surface area contributed by atoms with E-state index in [4.69, 9.17) is 18.9 Å². The minimum absolute atomic E-state index is 0.00106. The van der Waals surface area contributed by atoms with Gasteiger partial charge >= 0.3 is 23.9 Å². The van der Waals surface area contributed by atoms with Crippen molar-refractivity contribution < 1.29 is 43.0 Å². The molecule has 0 aliphatic rings. The summed E-state index contributed by atoms with van der Waals surface area (Å²) in [6.07, 6.45) is 0.183. The largest absolute Gasteiger partial charge is 0.459 e. The number of hydrogen-bond donors (Lipinski definition) is 0. The highest BCUT2D eigenvalue weighted by molar-refractivity contribution is 5.76. The molecule has 0 heterocycles. The van der Waals surface area contributed by atoms with E-state index in [1.165, 1.54) is 17.0 Å². The second kappa shape index (κ2) is 16.3. The number of benzene rings is 1. The lowest BCUT2D eigenvalue weighted by molar-refractivity contribution is -0.384. The van der Waals surface area contributed by atoms with Gasteiger partial charge in [0.2, 0.25) is 0 Å². The van der Waals surface area contributed by atoms with Gasteiger partial charge in [-0.2, -0.15) is 0 Å². The number of nitro groups is 1. The summed E-state index contributed by atoms with van der Waals surface area (Å²) in [6.45, 7) is 19.5. The highest BCUT2D eigenvalue weighted by Crippen LogP contribution is 2.19. The van der Waals surface area contributed by atoms with Crippen LogP contribution in [0.5, 0.6) is 0 Å². The molecule has 0 saturated carbocycles. The molecule has 0 aromatic heterocycles. The summed E-state index contributed by atoms with van der Waals surface area (Å²) in [7, 11) is 0. The van der Waals surface area contributed by atoms with Crippen molar-refractivity contribution in [3.8, 4) is 0 Å². The average molecular weight is 652 g/mol. The Balaban J connectivity index is 3.63. The summed E-state index contributed by atoms with van der Waals surface area (Å²) >= 11 is 0. The Hall–Kier alpha value is -3.58. The number of hydrogen-bond acceptors (Lipinski definition) is 12. The fraction of sp³-hybridized carbons (Fsp3) is 0.697. The molecule has 0 bridgehead atoms. The van der Waals surface area contributed by atoms with Crippen LogP contribution < -0.4 is 0 Å². The van der Waals surface area contributed by atoms with Crippen molar-refractivity contribution in [2.24, 2.45) is 0 Å². The Morgan fingerprint density at radius 3 is 1.26 bits per heavy atom. The van der Waals surface area contributed by atoms with Crippen molar-refractivity contribution in [1.82, 2.24) is 9.80 Å². The van der Waals surface area contributed by atoms with Crippen LogP contribution >= 0.6 is 0 Å². The molecule has 13 nitrogen and oxygen atoms in total. The standard InChI is InChI=1S/C33H53N3O10/c1-30(2,3)43-26(37)19-34(20-27(38)44-31(4,5)6)18-25(17-23-13-15-24(16-14-23)36(41)42)35(21-28(39)45-32(7,8)9)22-29(40)46-33(10,11)12/h13-16,25H,17-22H2,1-12H3/t25-/m0/s1. The van der Waals surface area contributed by atoms with Gasteiger partial charge in [-0.3, -0.25) is 39.1 Å². The van der Waals surface area contributed by atoms with E-state index >= 15 is 0 Å². The average Bonchev–Trinajstić information content (AvgIpc) is 2.78. The zero-order valence-electron chi connectivity index (χ0n) is 29.6. The van der Waals surface area contributed by atoms with E-state index in [2.05, 4.69) is 0 Å². The maximum atomic E-state index is 13.1. The number of nitrogens with zero attached hydrogens (tertiary/aromatic N) is 3. The van der Waals surface area contributed by atoms with Gasteiger partial charge in [0.25, 0.3) is 5.69 Å². The zero-order valence-corrected chi connectivity index (χ0v) is 29.6. The maximum absolute atomic E-state index is 13.1. The van der Waals surface area contributed by atoms with E-state index in [0.717, 1.165) is 0 Å². The van der Waals surface area contributed by atoms with Crippen LogP contribution in [0.1, 0.15) is 88.6 Å². The predicted octanol–water partition coefficient (Wildman–Crippen LogP) is 4.48. The molecule has 0 N–H and O–H groups in total. The normalized spacial score (nSPS) is 13.3. The maximum Gasteiger partial charge on any atom is 0.320 e. The molecule has 46 heavy (non-hydrogen) atoms. The monoisotopic (exact) mass is 651 g/mol. The Morgan fingerprint density at radius 2 is 0.957 bits per heavy atom. The third-order valence-electron chi connectivity index (χ3n) is 5.65. The first-order valence-corrected chi connectivity index (χ1v) is 15.3. The second-order valence-corrected chi connectivity index (χ2v) is 15.2. The Morgan fingerprint density at radius 1 is 0.630 bits per heavy atom. The van der Waals surface area contributed by atoms with Crippen LogP contribution in [0.15, 0.2) is 24.3 Å². The molecule has 0 radical (unpaired) electrons. The van der Waals surface area contributed by atoms with E-state index in [9.17, 15) is 29.3 Å². The number of non-ortho nitro benzene ring substituents is 1. The fourth-order valence-corrected chi connectivity index (χ4v) is 4.32. The molecule has 1 atom stereocenters. The first-order chi connectivity index (χ1) is 20.7. The van der Waals surface area contributed by atoms with Gasteiger partial charge in [0.1, 0.15) is 22.4 Å². The first-order valence-electron chi connectivity index (χ1n) is 15.3. The van der Waals surface area contributed by atoms with Crippen molar-refractivity contribution in [2.75, 3.05) is 32.7 Å². The zero-order chi connectivity index (χ0) is 35.7. The smallest absolute Gasteiger partial charge is 0.320 e. The lowest BCUT2D eigenvalue weighted by atomic mass is 10.0. The molecule has 260 valence electrons. The highest BCUT2D eigenvalue weighted by Gasteiger charge is 2.32. The molecule has 0 saturated heterocycles. The first kappa shape index (κ1) is 40.4. The highest BCUT2D eigenvalue weighted by atomic mass is 16.6. The lowest BCUT2D eigenvalue weighted by Crippen LogP contribution is -2.52. The van der Waals surface area contributed by atoms with Crippen molar-refractivity contribution in [2.45, 2.75) is 118 Å². The molecule has 0 fully saturated rings. The van der Waals surface area contributed by atoms with Gasteiger partial charge in [-0.15, -0.1) is 0 Å². The van der Waals surface area contributed by atoms with Crippen LogP contribution in [0, 0.1) is 10.1 Å². The van der Waals surface area contributed by atoms with Crippen LogP contribution in [-0.4, -0.2) is 99.8 Å². The van der Waals surface area contributed by atoms with E-state index in [0.29, 0.717) is 5.56 Å². The van der Waals surface area contributed by atoms with E-state index in [1.54, 1.807) is 100 Å². The molecule has 1 aromatic carbocycles. The number of nitro benzene ring substituents is 1. The van der Waals surface area contributed by atoms with Crippen LogP contribution in [0.2, 0.25) is 0 Å². The summed E-state index contributed by atoms with van der Waals surface area (Å²) < 4.78 is 22.2. The quantitative estimate of drug-likeness (QED) is 0.121. The van der Waals surface area contributed by atoms with E-state index in [1.807, 2.05) is 0 Å². The van der Waals surface area contributed by atoms with Crippen molar-refractivity contribution in [3.63, 3.8) is 0 Å². The van der Waals surface area contributed by atoms with Crippen molar-refractivity contribution >= 4 is 29.6 Å². The second-order valence-electron chi connectivity index (χ2n) is 15.2. The van der Waals surface area contributed by atoms with Gasteiger partial charge in [0.05, 0.1) is 31.1 Å². The van der Waals surface area contributed by atoms with Gasteiger partial charge in [-0.05, 0) is 95.1 Å². The summed E-state index contributed by atoms with van der Waals surface area (Å²) in [4.78, 5) is 66.0. The molecule has 0 aliphatic heterocycles.